The van der Waals surface area contributed by atoms with Crippen molar-refractivity contribution in [1.29, 1.82) is 0 Å². The van der Waals surface area contributed by atoms with E-state index >= 15 is 0 Å². The molecule has 5 heteroatoms. The normalized spacial score (nSPS) is 32.7. The fraction of sp³-hybridized carbons (Fsp3) is 0.615. The van der Waals surface area contributed by atoms with Crippen LogP contribution in [0.4, 0.5) is 0 Å². The number of carbonyl (C=O) groups is 1. The lowest BCUT2D eigenvalue weighted by Crippen LogP contribution is -2.47. The number of esters is 1. The summed E-state index contributed by atoms with van der Waals surface area (Å²) in [6.45, 7) is 1.97. The Hall–Kier alpha value is -0.910. The van der Waals surface area contributed by atoms with Crippen LogP contribution in [0.1, 0.15) is 24.3 Å². The third-order valence-corrected chi connectivity index (χ3v) is 4.94. The number of ether oxygens (including phenoxy) is 1. The number of rotatable bonds is 3. The van der Waals surface area contributed by atoms with E-state index < -0.39 is 5.54 Å². The Bertz CT molecular complexity index is 420. The van der Waals surface area contributed by atoms with Gasteiger partial charge in [0.05, 0.1) is 7.11 Å². The molecule has 0 aliphatic carbocycles. The highest BCUT2D eigenvalue weighted by atomic mass is 32.1. The minimum absolute atomic E-state index is 0.0674. The van der Waals surface area contributed by atoms with Crippen molar-refractivity contribution in [1.82, 2.24) is 4.90 Å². The first kappa shape index (κ1) is 13.5. The van der Waals surface area contributed by atoms with Gasteiger partial charge in [0.2, 0.25) is 0 Å². The summed E-state index contributed by atoms with van der Waals surface area (Å²) in [7, 11) is 3.34. The number of nitrogens with zero attached hydrogens (tertiary/aromatic N) is 1. The van der Waals surface area contributed by atoms with Crippen molar-refractivity contribution in [2.75, 3.05) is 20.8 Å². The van der Waals surface area contributed by atoms with Gasteiger partial charge >= 0.3 is 5.97 Å². The Kier molecular flexibility index (Phi) is 3.75. The molecular weight excluding hydrogens is 250 g/mol. The molecule has 18 heavy (non-hydrogen) atoms. The summed E-state index contributed by atoms with van der Waals surface area (Å²) >= 11 is 1.66. The molecule has 3 atom stereocenters. The van der Waals surface area contributed by atoms with Gasteiger partial charge in [-0.2, -0.15) is 0 Å². The number of aliphatic hydroxyl groups is 1. The van der Waals surface area contributed by atoms with Crippen LogP contribution in [0.15, 0.2) is 17.5 Å². The zero-order chi connectivity index (χ0) is 13.3. The van der Waals surface area contributed by atoms with E-state index in [0.717, 1.165) is 0 Å². The average Bonchev–Trinajstić information content (AvgIpc) is 2.96. The second-order valence-corrected chi connectivity index (χ2v) is 5.96. The topological polar surface area (TPSA) is 49.8 Å². The molecule has 100 valence electrons. The van der Waals surface area contributed by atoms with Crippen molar-refractivity contribution in [2.24, 2.45) is 5.92 Å². The second kappa shape index (κ2) is 4.99. The van der Waals surface area contributed by atoms with Gasteiger partial charge in [0.15, 0.2) is 0 Å². The number of carbonyl (C=O) groups excluding carboxylic acids is 1. The summed E-state index contributed by atoms with van der Waals surface area (Å²) in [6.07, 6.45) is 0.620. The van der Waals surface area contributed by atoms with Crippen molar-refractivity contribution in [3.8, 4) is 0 Å². The predicted octanol–water partition coefficient (Wildman–Crippen LogP) is 1.66. The second-order valence-electron chi connectivity index (χ2n) is 4.98. The van der Waals surface area contributed by atoms with E-state index in [1.807, 2.05) is 30.3 Å². The third-order valence-electron chi connectivity index (χ3n) is 4.00. The Morgan fingerprint density at radius 2 is 2.44 bits per heavy atom. The molecule has 0 amide bonds. The van der Waals surface area contributed by atoms with Crippen molar-refractivity contribution in [2.45, 2.75) is 24.9 Å². The van der Waals surface area contributed by atoms with E-state index in [-0.39, 0.29) is 24.5 Å². The first-order chi connectivity index (χ1) is 8.54. The molecule has 0 bridgehead atoms. The monoisotopic (exact) mass is 269 g/mol. The predicted molar refractivity (Wildman–Crippen MR) is 70.4 cm³/mol. The zero-order valence-electron chi connectivity index (χ0n) is 10.9. The third kappa shape index (κ3) is 1.96. The quantitative estimate of drug-likeness (QED) is 0.848. The van der Waals surface area contributed by atoms with Gasteiger partial charge in [-0.15, -0.1) is 11.3 Å². The van der Waals surface area contributed by atoms with Gasteiger partial charge in [0.25, 0.3) is 0 Å². The largest absolute Gasteiger partial charge is 0.468 e. The summed E-state index contributed by atoms with van der Waals surface area (Å²) in [5.74, 6) is -0.166. The summed E-state index contributed by atoms with van der Waals surface area (Å²) in [6, 6.07) is 4.13. The molecule has 3 unspecified atom stereocenters. The molecule has 4 nitrogen and oxygen atoms in total. The van der Waals surface area contributed by atoms with E-state index in [0.29, 0.717) is 6.42 Å². The molecule has 0 radical (unpaired) electrons. The molecule has 1 fully saturated rings. The maximum absolute atomic E-state index is 12.0. The number of hydrogen-bond donors (Lipinski definition) is 1. The van der Waals surface area contributed by atoms with Crippen molar-refractivity contribution >= 4 is 17.3 Å². The van der Waals surface area contributed by atoms with E-state index in [4.69, 9.17) is 4.74 Å². The van der Waals surface area contributed by atoms with Crippen LogP contribution >= 0.6 is 11.3 Å². The summed E-state index contributed by atoms with van der Waals surface area (Å²) in [5.41, 5.74) is -0.656. The number of thiophene rings is 1. The first-order valence-corrected chi connectivity index (χ1v) is 6.88. The minimum Gasteiger partial charge on any atom is -0.468 e. The van der Waals surface area contributed by atoms with Crippen LogP contribution in [-0.4, -0.2) is 42.3 Å². The molecule has 1 aliphatic rings. The number of hydrogen-bond acceptors (Lipinski definition) is 5. The van der Waals surface area contributed by atoms with E-state index in [9.17, 15) is 9.90 Å². The Morgan fingerprint density at radius 1 is 1.72 bits per heavy atom. The van der Waals surface area contributed by atoms with Gasteiger partial charge in [-0.1, -0.05) is 6.07 Å². The van der Waals surface area contributed by atoms with Crippen molar-refractivity contribution in [3.05, 3.63) is 22.4 Å². The van der Waals surface area contributed by atoms with Gasteiger partial charge in [-0.25, -0.2) is 0 Å². The number of methoxy groups -OCH3 is 1. The van der Waals surface area contributed by atoms with Crippen molar-refractivity contribution < 1.29 is 14.6 Å². The van der Waals surface area contributed by atoms with Gasteiger partial charge in [0.1, 0.15) is 5.54 Å². The lowest BCUT2D eigenvalue weighted by atomic mass is 9.93. The van der Waals surface area contributed by atoms with Crippen LogP contribution in [0.3, 0.4) is 0 Å². The molecule has 0 spiro atoms. The van der Waals surface area contributed by atoms with E-state index in [1.54, 1.807) is 11.3 Å². The van der Waals surface area contributed by atoms with E-state index in [2.05, 4.69) is 6.07 Å². The van der Waals surface area contributed by atoms with Crippen LogP contribution in [0.2, 0.25) is 0 Å². The Labute approximate surface area is 111 Å². The molecule has 0 aromatic carbocycles. The van der Waals surface area contributed by atoms with Crippen LogP contribution in [0.25, 0.3) is 0 Å². The molecule has 0 saturated carbocycles. The van der Waals surface area contributed by atoms with Gasteiger partial charge in [-0.3, -0.25) is 9.69 Å². The molecule has 2 rings (SSSR count). The minimum atomic E-state index is -0.656. The highest BCUT2D eigenvalue weighted by Crippen LogP contribution is 2.46. The molecular formula is C13H19NO3S. The molecule has 1 aliphatic heterocycles. The molecule has 1 aromatic rings. The fourth-order valence-corrected chi connectivity index (χ4v) is 3.85. The fourth-order valence-electron chi connectivity index (χ4n) is 2.88. The Balaban J connectivity index is 2.34. The van der Waals surface area contributed by atoms with Gasteiger partial charge < -0.3 is 9.84 Å². The van der Waals surface area contributed by atoms with Gasteiger partial charge in [0, 0.05) is 23.4 Å². The number of aliphatic hydroxyl groups excluding tert-OH is 1. The smallest absolute Gasteiger partial charge is 0.326 e. The lowest BCUT2D eigenvalue weighted by Gasteiger charge is -2.32. The maximum Gasteiger partial charge on any atom is 0.326 e. The van der Waals surface area contributed by atoms with Crippen LogP contribution < -0.4 is 0 Å². The molecule has 2 heterocycles. The molecule has 1 saturated heterocycles. The Morgan fingerprint density at radius 3 is 2.94 bits per heavy atom. The van der Waals surface area contributed by atoms with Crippen molar-refractivity contribution in [3.63, 3.8) is 0 Å². The summed E-state index contributed by atoms with van der Waals surface area (Å²) in [4.78, 5) is 15.2. The average molecular weight is 269 g/mol. The highest BCUT2D eigenvalue weighted by Gasteiger charge is 2.52. The van der Waals surface area contributed by atoms with Crippen LogP contribution in [0.5, 0.6) is 0 Å². The molecule has 1 aromatic heterocycles. The first-order valence-electron chi connectivity index (χ1n) is 6.00. The van der Waals surface area contributed by atoms with E-state index in [1.165, 1.54) is 12.0 Å². The summed E-state index contributed by atoms with van der Waals surface area (Å²) in [5, 5.41) is 11.6. The van der Waals surface area contributed by atoms with Gasteiger partial charge in [-0.05, 0) is 31.8 Å². The lowest BCUT2D eigenvalue weighted by molar-refractivity contribution is -0.152. The highest BCUT2D eigenvalue weighted by molar-refractivity contribution is 7.10. The number of likely N-dealkylation sites (N-methyl/N-ethyl adjacent to an activating group) is 1. The molecule has 1 N–H and O–H groups in total. The summed E-state index contributed by atoms with van der Waals surface area (Å²) < 4.78 is 4.91. The SMILES string of the molecule is COC(=O)C1(C)CC(CO)C(c2cccs2)N1C. The maximum atomic E-state index is 12.0. The number of likely N-dealkylation sites (tertiary alicyclic amines) is 1. The van der Waals surface area contributed by atoms with Crippen LogP contribution in [0, 0.1) is 5.92 Å². The van der Waals surface area contributed by atoms with Crippen LogP contribution in [-0.2, 0) is 9.53 Å². The standard InChI is InChI=1S/C13H19NO3S/c1-13(12(16)17-3)7-9(8-15)11(14(13)2)10-5-4-6-18-10/h4-6,9,11,15H,7-8H2,1-3H3. The zero-order valence-corrected chi connectivity index (χ0v) is 11.7.